The molecule has 1 aromatic heterocycles. The van der Waals surface area contributed by atoms with Crippen molar-refractivity contribution in [2.24, 2.45) is 11.7 Å². The van der Waals surface area contributed by atoms with E-state index in [4.69, 9.17) is 10.2 Å². The number of methoxy groups -OCH3 is 1. The van der Waals surface area contributed by atoms with Crippen molar-refractivity contribution in [3.05, 3.63) is 30.0 Å². The zero-order chi connectivity index (χ0) is 16.4. The average Bonchev–Trinajstić information content (AvgIpc) is 3.12. The molecule has 3 rings (SSSR count). The first-order valence-electron chi connectivity index (χ1n) is 7.74. The molecule has 130 valence electrons. The van der Waals surface area contributed by atoms with Gasteiger partial charge in [-0.25, -0.2) is 4.79 Å². The molecule has 1 aliphatic rings. The van der Waals surface area contributed by atoms with Crippen molar-refractivity contribution < 1.29 is 18.7 Å². The SMILES string of the molecule is COC(=O)c1cc2cc(NC(=O)C[C@@H]3CCC[C@H]3N)ccc2o1.Cl. The van der Waals surface area contributed by atoms with E-state index < -0.39 is 5.97 Å². The summed E-state index contributed by atoms with van der Waals surface area (Å²) in [5.41, 5.74) is 7.25. The molecule has 1 fully saturated rings. The van der Waals surface area contributed by atoms with Gasteiger partial charge in [0.15, 0.2) is 0 Å². The number of carbonyl (C=O) groups is 2. The number of anilines is 1. The standard InChI is InChI=1S/C17H20N2O4.ClH/c1-22-17(21)15-8-11-7-12(5-6-14(11)23-15)19-16(20)9-10-3-2-4-13(10)18;/h5-8,10,13H,2-4,9,18H2,1H3,(H,19,20);1H/t10-,13+;/m0./s1. The minimum atomic E-state index is -0.526. The van der Waals surface area contributed by atoms with Crippen molar-refractivity contribution >= 4 is 40.9 Å². The van der Waals surface area contributed by atoms with Gasteiger partial charge in [-0.15, -0.1) is 12.4 Å². The lowest BCUT2D eigenvalue weighted by atomic mass is 10.00. The van der Waals surface area contributed by atoms with Crippen molar-refractivity contribution in [3.8, 4) is 0 Å². The molecule has 3 N–H and O–H groups in total. The maximum Gasteiger partial charge on any atom is 0.373 e. The summed E-state index contributed by atoms with van der Waals surface area (Å²) in [6.07, 6.45) is 3.54. The first-order chi connectivity index (χ1) is 11.1. The Balaban J connectivity index is 0.00000208. The minimum absolute atomic E-state index is 0. The van der Waals surface area contributed by atoms with Gasteiger partial charge in [0.1, 0.15) is 5.58 Å². The fourth-order valence-corrected chi connectivity index (χ4v) is 3.09. The van der Waals surface area contributed by atoms with Crippen LogP contribution in [0.15, 0.2) is 28.7 Å². The Bertz CT molecular complexity index is 743. The fourth-order valence-electron chi connectivity index (χ4n) is 3.09. The summed E-state index contributed by atoms with van der Waals surface area (Å²) < 4.78 is 10.0. The monoisotopic (exact) mass is 352 g/mol. The molecule has 0 spiro atoms. The van der Waals surface area contributed by atoms with E-state index in [9.17, 15) is 9.59 Å². The number of nitrogens with one attached hydrogen (secondary N) is 1. The third-order valence-corrected chi connectivity index (χ3v) is 4.35. The van der Waals surface area contributed by atoms with E-state index in [0.29, 0.717) is 17.7 Å². The normalized spacial score (nSPS) is 19.8. The second-order valence-electron chi connectivity index (χ2n) is 5.96. The topological polar surface area (TPSA) is 94.6 Å². The van der Waals surface area contributed by atoms with Crippen molar-refractivity contribution in [1.29, 1.82) is 0 Å². The maximum atomic E-state index is 12.1. The van der Waals surface area contributed by atoms with Gasteiger partial charge in [-0.05, 0) is 43.0 Å². The van der Waals surface area contributed by atoms with E-state index in [1.807, 2.05) is 0 Å². The van der Waals surface area contributed by atoms with Crippen LogP contribution in [0.4, 0.5) is 5.69 Å². The predicted molar refractivity (Wildman–Crippen MR) is 93.4 cm³/mol. The molecule has 24 heavy (non-hydrogen) atoms. The van der Waals surface area contributed by atoms with Crippen molar-refractivity contribution in [3.63, 3.8) is 0 Å². The number of furan rings is 1. The fraction of sp³-hybridized carbons (Fsp3) is 0.412. The van der Waals surface area contributed by atoms with Crippen LogP contribution >= 0.6 is 12.4 Å². The second kappa shape index (κ2) is 7.68. The van der Waals surface area contributed by atoms with Crippen molar-refractivity contribution in [1.82, 2.24) is 0 Å². The summed E-state index contributed by atoms with van der Waals surface area (Å²) in [5, 5.41) is 3.62. The average molecular weight is 353 g/mol. The number of carbonyl (C=O) groups excluding carboxylic acids is 2. The Morgan fingerprint density at radius 2 is 2.12 bits per heavy atom. The van der Waals surface area contributed by atoms with Gasteiger partial charge in [0.2, 0.25) is 11.7 Å². The van der Waals surface area contributed by atoms with Gasteiger partial charge >= 0.3 is 5.97 Å². The van der Waals surface area contributed by atoms with Crippen LogP contribution in [0, 0.1) is 5.92 Å². The van der Waals surface area contributed by atoms with Gasteiger partial charge in [0.25, 0.3) is 0 Å². The highest BCUT2D eigenvalue weighted by molar-refractivity contribution is 5.96. The summed E-state index contributed by atoms with van der Waals surface area (Å²) >= 11 is 0. The summed E-state index contributed by atoms with van der Waals surface area (Å²) in [7, 11) is 1.30. The van der Waals surface area contributed by atoms with Gasteiger partial charge in [-0.1, -0.05) is 6.42 Å². The Morgan fingerprint density at radius 1 is 1.33 bits per heavy atom. The van der Waals surface area contributed by atoms with Crippen LogP contribution in [0.2, 0.25) is 0 Å². The van der Waals surface area contributed by atoms with Crippen molar-refractivity contribution in [2.45, 2.75) is 31.7 Å². The largest absolute Gasteiger partial charge is 0.463 e. The molecule has 1 saturated carbocycles. The molecule has 1 heterocycles. The summed E-state index contributed by atoms with van der Waals surface area (Å²) in [6.45, 7) is 0. The quantitative estimate of drug-likeness (QED) is 0.824. The number of hydrogen-bond donors (Lipinski definition) is 2. The molecule has 0 aliphatic heterocycles. The first-order valence-corrected chi connectivity index (χ1v) is 7.74. The van der Waals surface area contributed by atoms with E-state index in [-0.39, 0.29) is 36.0 Å². The van der Waals surface area contributed by atoms with Gasteiger partial charge in [0, 0.05) is 23.5 Å². The zero-order valence-corrected chi connectivity index (χ0v) is 14.2. The molecule has 1 amide bonds. The molecule has 7 heteroatoms. The highest BCUT2D eigenvalue weighted by Gasteiger charge is 2.26. The lowest BCUT2D eigenvalue weighted by molar-refractivity contribution is -0.117. The van der Waals surface area contributed by atoms with Gasteiger partial charge in [0.05, 0.1) is 7.11 Å². The summed E-state index contributed by atoms with van der Waals surface area (Å²) in [4.78, 5) is 23.6. The molecular weight excluding hydrogens is 332 g/mol. The number of nitrogens with two attached hydrogens (primary N) is 1. The molecule has 2 aromatic rings. The third kappa shape index (κ3) is 3.88. The number of rotatable bonds is 4. The summed E-state index contributed by atoms with van der Waals surface area (Å²) in [6, 6.07) is 6.97. The van der Waals surface area contributed by atoms with Crippen LogP contribution in [0.3, 0.4) is 0 Å². The number of ether oxygens (including phenoxy) is 1. The molecular formula is C17H21ClN2O4. The maximum absolute atomic E-state index is 12.1. The molecule has 0 bridgehead atoms. The number of amides is 1. The minimum Gasteiger partial charge on any atom is -0.463 e. The van der Waals surface area contributed by atoms with E-state index in [0.717, 1.165) is 24.6 Å². The molecule has 0 unspecified atom stereocenters. The Morgan fingerprint density at radius 3 is 2.79 bits per heavy atom. The molecule has 0 radical (unpaired) electrons. The lowest BCUT2D eigenvalue weighted by Crippen LogP contribution is -2.28. The third-order valence-electron chi connectivity index (χ3n) is 4.35. The smallest absolute Gasteiger partial charge is 0.373 e. The molecule has 1 aliphatic carbocycles. The Labute approximate surface area is 146 Å². The van der Waals surface area contributed by atoms with Gasteiger partial charge in [-0.3, -0.25) is 4.79 Å². The van der Waals surface area contributed by atoms with Crippen LogP contribution in [-0.2, 0) is 9.53 Å². The number of fused-ring (bicyclic) bond motifs is 1. The van der Waals surface area contributed by atoms with E-state index >= 15 is 0 Å². The van der Waals surface area contributed by atoms with Crippen LogP contribution in [0.5, 0.6) is 0 Å². The van der Waals surface area contributed by atoms with Crippen LogP contribution in [0.25, 0.3) is 11.0 Å². The molecule has 6 nitrogen and oxygen atoms in total. The lowest BCUT2D eigenvalue weighted by Gasteiger charge is -2.14. The zero-order valence-electron chi connectivity index (χ0n) is 13.4. The number of benzene rings is 1. The Hall–Kier alpha value is -2.05. The van der Waals surface area contributed by atoms with Gasteiger partial charge < -0.3 is 20.2 Å². The van der Waals surface area contributed by atoms with Gasteiger partial charge in [-0.2, -0.15) is 0 Å². The van der Waals surface area contributed by atoms with E-state index in [1.165, 1.54) is 7.11 Å². The summed E-state index contributed by atoms with van der Waals surface area (Å²) in [5.74, 6) is -0.160. The van der Waals surface area contributed by atoms with Crippen LogP contribution < -0.4 is 11.1 Å². The second-order valence-corrected chi connectivity index (χ2v) is 5.96. The Kier molecular flexibility index (Phi) is 5.85. The van der Waals surface area contributed by atoms with Crippen LogP contribution in [0.1, 0.15) is 36.2 Å². The molecule has 1 aromatic carbocycles. The number of esters is 1. The highest BCUT2D eigenvalue weighted by Crippen LogP contribution is 2.28. The number of halogens is 1. The van der Waals surface area contributed by atoms with Crippen molar-refractivity contribution in [2.75, 3.05) is 12.4 Å². The number of hydrogen-bond acceptors (Lipinski definition) is 5. The van der Waals surface area contributed by atoms with E-state index in [2.05, 4.69) is 10.1 Å². The highest BCUT2D eigenvalue weighted by atomic mass is 35.5. The predicted octanol–water partition coefficient (Wildman–Crippen LogP) is 3.10. The molecule has 0 saturated heterocycles. The molecule has 2 atom stereocenters. The first kappa shape index (κ1) is 18.3. The van der Waals surface area contributed by atoms with Crippen LogP contribution in [-0.4, -0.2) is 25.0 Å². The van der Waals surface area contributed by atoms with E-state index in [1.54, 1.807) is 24.3 Å².